The third-order valence-electron chi connectivity index (χ3n) is 0.655. The maximum absolute atomic E-state index is 7.61. The van der Waals surface area contributed by atoms with Crippen molar-refractivity contribution in [3.05, 3.63) is 24.3 Å². The van der Waals surface area contributed by atoms with E-state index in [-0.39, 0.29) is 0 Å². The van der Waals surface area contributed by atoms with Crippen molar-refractivity contribution < 1.29 is 10.0 Å². The van der Waals surface area contributed by atoms with Crippen LogP contribution in [-0.2, 0) is 0 Å². The molecule has 0 atom stereocenters. The molecule has 0 aliphatic heterocycles. The average molecular weight is 126 g/mol. The SMILES string of the molecule is C1=CCC=C1.CB(O)O. The van der Waals surface area contributed by atoms with E-state index < -0.39 is 7.12 Å². The highest BCUT2D eigenvalue weighted by atomic mass is 16.4. The minimum Gasteiger partial charge on any atom is -0.427 e. The Morgan fingerprint density at radius 3 is 1.67 bits per heavy atom. The highest BCUT2D eigenvalue weighted by molar-refractivity contribution is 6.38. The van der Waals surface area contributed by atoms with Gasteiger partial charge in [-0.05, 0) is 13.2 Å². The first-order valence-electron chi connectivity index (χ1n) is 2.91. The van der Waals surface area contributed by atoms with E-state index in [4.69, 9.17) is 10.0 Å². The number of hydrogen-bond acceptors (Lipinski definition) is 2. The smallest absolute Gasteiger partial charge is 0.427 e. The van der Waals surface area contributed by atoms with Crippen molar-refractivity contribution in [1.82, 2.24) is 0 Å². The summed E-state index contributed by atoms with van der Waals surface area (Å²) < 4.78 is 0. The predicted octanol–water partition coefficient (Wildman–Crippen LogP) is 0.591. The summed E-state index contributed by atoms with van der Waals surface area (Å²) in [5.41, 5.74) is 0. The fourth-order valence-electron chi connectivity index (χ4n) is 0.393. The average Bonchev–Trinajstić information content (AvgIpc) is 2.11. The molecule has 0 aromatic carbocycles. The maximum Gasteiger partial charge on any atom is 0.448 e. The van der Waals surface area contributed by atoms with E-state index >= 15 is 0 Å². The van der Waals surface area contributed by atoms with Gasteiger partial charge in [0.05, 0.1) is 0 Å². The molecule has 50 valence electrons. The Kier molecular flexibility index (Phi) is 5.27. The molecule has 0 aromatic rings. The lowest BCUT2D eigenvalue weighted by molar-refractivity contribution is 0.417. The number of allylic oxidation sites excluding steroid dienone is 4. The molecule has 1 aliphatic carbocycles. The van der Waals surface area contributed by atoms with Crippen LogP contribution in [0.4, 0.5) is 0 Å². The van der Waals surface area contributed by atoms with Crippen molar-refractivity contribution in [2.45, 2.75) is 13.2 Å². The van der Waals surface area contributed by atoms with E-state index in [0.29, 0.717) is 0 Å². The summed E-state index contributed by atoms with van der Waals surface area (Å²) >= 11 is 0. The van der Waals surface area contributed by atoms with Crippen LogP contribution < -0.4 is 0 Å². The van der Waals surface area contributed by atoms with Crippen molar-refractivity contribution in [2.75, 3.05) is 0 Å². The molecule has 0 radical (unpaired) electrons. The molecule has 0 fully saturated rings. The lowest BCUT2D eigenvalue weighted by Gasteiger charge is -1.71. The topological polar surface area (TPSA) is 40.5 Å². The zero-order valence-corrected chi connectivity index (χ0v) is 5.49. The summed E-state index contributed by atoms with van der Waals surface area (Å²) in [7, 11) is -1.17. The van der Waals surface area contributed by atoms with Crippen LogP contribution in [0.25, 0.3) is 0 Å². The summed E-state index contributed by atoms with van der Waals surface area (Å²) in [6.45, 7) is 1.28. The molecule has 1 aliphatic rings. The Labute approximate surface area is 55.7 Å². The first kappa shape index (κ1) is 8.46. The van der Waals surface area contributed by atoms with Gasteiger partial charge in [0.2, 0.25) is 0 Å². The van der Waals surface area contributed by atoms with Crippen molar-refractivity contribution in [3.8, 4) is 0 Å². The second-order valence-corrected chi connectivity index (χ2v) is 1.72. The van der Waals surface area contributed by atoms with Crippen molar-refractivity contribution in [3.63, 3.8) is 0 Å². The second-order valence-electron chi connectivity index (χ2n) is 1.72. The molecular formula is C6H11BO2. The van der Waals surface area contributed by atoms with E-state index in [0.717, 1.165) is 6.42 Å². The van der Waals surface area contributed by atoms with Crippen molar-refractivity contribution in [1.29, 1.82) is 0 Å². The van der Waals surface area contributed by atoms with Gasteiger partial charge in [0, 0.05) is 0 Å². The minimum absolute atomic E-state index is 1.14. The van der Waals surface area contributed by atoms with E-state index in [1.807, 2.05) is 0 Å². The fraction of sp³-hybridized carbons (Fsp3) is 0.333. The zero-order valence-electron chi connectivity index (χ0n) is 5.49. The molecule has 0 unspecified atom stereocenters. The van der Waals surface area contributed by atoms with Crippen LogP contribution in [0.1, 0.15) is 6.42 Å². The van der Waals surface area contributed by atoms with Crippen LogP contribution in [0.15, 0.2) is 24.3 Å². The fourth-order valence-corrected chi connectivity index (χ4v) is 0.393. The van der Waals surface area contributed by atoms with E-state index in [9.17, 15) is 0 Å². The van der Waals surface area contributed by atoms with Crippen LogP contribution in [0.5, 0.6) is 0 Å². The number of hydrogen-bond donors (Lipinski definition) is 2. The first-order valence-corrected chi connectivity index (χ1v) is 2.91. The quantitative estimate of drug-likeness (QED) is 0.466. The van der Waals surface area contributed by atoms with Gasteiger partial charge in [0.15, 0.2) is 0 Å². The Morgan fingerprint density at radius 2 is 1.56 bits per heavy atom. The number of rotatable bonds is 0. The molecule has 0 heterocycles. The second kappa shape index (κ2) is 5.60. The van der Waals surface area contributed by atoms with Crippen LogP contribution in [0.3, 0.4) is 0 Å². The van der Waals surface area contributed by atoms with Gasteiger partial charge in [0.1, 0.15) is 0 Å². The minimum atomic E-state index is -1.17. The Bertz CT molecular complexity index is 94.9. The van der Waals surface area contributed by atoms with Gasteiger partial charge >= 0.3 is 7.12 Å². The lowest BCUT2D eigenvalue weighted by atomic mass is 9.99. The third-order valence-corrected chi connectivity index (χ3v) is 0.655. The van der Waals surface area contributed by atoms with Crippen LogP contribution in [0, 0.1) is 0 Å². The Hall–Kier alpha value is -0.535. The summed E-state index contributed by atoms with van der Waals surface area (Å²) in [4.78, 5) is 0. The van der Waals surface area contributed by atoms with Gasteiger partial charge in [-0.15, -0.1) is 0 Å². The molecule has 1 rings (SSSR count). The van der Waals surface area contributed by atoms with E-state index in [2.05, 4.69) is 24.3 Å². The monoisotopic (exact) mass is 126 g/mol. The van der Waals surface area contributed by atoms with Gasteiger partial charge in [-0.1, -0.05) is 24.3 Å². The van der Waals surface area contributed by atoms with Gasteiger partial charge < -0.3 is 10.0 Å². The molecule has 0 aromatic heterocycles. The Morgan fingerprint density at radius 1 is 1.22 bits per heavy atom. The molecule has 2 nitrogen and oxygen atoms in total. The van der Waals surface area contributed by atoms with Crippen molar-refractivity contribution in [2.24, 2.45) is 0 Å². The molecule has 0 saturated carbocycles. The van der Waals surface area contributed by atoms with Crippen LogP contribution in [0.2, 0.25) is 6.82 Å². The highest BCUT2D eigenvalue weighted by Crippen LogP contribution is 1.93. The summed E-state index contributed by atoms with van der Waals surface area (Å²) in [6, 6.07) is 0. The van der Waals surface area contributed by atoms with E-state index in [1.54, 1.807) is 0 Å². The van der Waals surface area contributed by atoms with Crippen LogP contribution in [-0.4, -0.2) is 17.2 Å². The van der Waals surface area contributed by atoms with Gasteiger partial charge in [-0.3, -0.25) is 0 Å². The predicted molar refractivity (Wildman–Crippen MR) is 39.0 cm³/mol. The molecule has 3 heteroatoms. The maximum atomic E-state index is 7.61. The molecule has 0 spiro atoms. The van der Waals surface area contributed by atoms with Gasteiger partial charge in [0.25, 0.3) is 0 Å². The standard InChI is InChI=1S/C5H6.CH5BO2/c1-2-4-5-3-1;1-2(3)4/h1-4H,5H2;3-4H,1H3. The van der Waals surface area contributed by atoms with Gasteiger partial charge in [-0.2, -0.15) is 0 Å². The van der Waals surface area contributed by atoms with E-state index in [1.165, 1.54) is 6.82 Å². The molecule has 2 N–H and O–H groups in total. The summed E-state index contributed by atoms with van der Waals surface area (Å²) in [6.07, 6.45) is 9.50. The van der Waals surface area contributed by atoms with Crippen LogP contribution >= 0.6 is 0 Å². The summed E-state index contributed by atoms with van der Waals surface area (Å²) in [5.74, 6) is 0. The molecular weight excluding hydrogens is 115 g/mol. The van der Waals surface area contributed by atoms with Gasteiger partial charge in [-0.25, -0.2) is 0 Å². The zero-order chi connectivity index (χ0) is 7.11. The molecule has 0 amide bonds. The molecule has 0 saturated heterocycles. The first-order chi connectivity index (χ1) is 4.23. The van der Waals surface area contributed by atoms with Crippen molar-refractivity contribution >= 4 is 7.12 Å². The normalized spacial score (nSPS) is 12.8. The lowest BCUT2D eigenvalue weighted by Crippen LogP contribution is -2.00. The molecule has 0 bridgehead atoms. The molecule has 9 heavy (non-hydrogen) atoms. The Balaban J connectivity index is 0.000000148. The third kappa shape index (κ3) is 11.2. The summed E-state index contributed by atoms with van der Waals surface area (Å²) in [5, 5.41) is 15.2. The highest BCUT2D eigenvalue weighted by Gasteiger charge is 1.86. The largest absolute Gasteiger partial charge is 0.448 e.